The van der Waals surface area contributed by atoms with Gasteiger partial charge in [-0.2, -0.15) is 0 Å². The number of likely N-dealkylation sites (tertiary alicyclic amines) is 1. The molecular formula is C13H24N2O4. The number of urea groups is 1. The zero-order chi connectivity index (χ0) is 14.5. The van der Waals surface area contributed by atoms with Gasteiger partial charge in [0, 0.05) is 20.2 Å². The first-order chi connectivity index (χ1) is 8.95. The Morgan fingerprint density at radius 1 is 1.53 bits per heavy atom. The van der Waals surface area contributed by atoms with Crippen LogP contribution in [0.1, 0.15) is 33.1 Å². The molecule has 2 N–H and O–H groups in total. The van der Waals surface area contributed by atoms with Gasteiger partial charge in [0.05, 0.1) is 18.1 Å². The predicted molar refractivity (Wildman–Crippen MR) is 71.0 cm³/mol. The summed E-state index contributed by atoms with van der Waals surface area (Å²) in [6.45, 7) is 5.06. The van der Waals surface area contributed by atoms with Crippen LogP contribution in [-0.2, 0) is 9.53 Å². The monoisotopic (exact) mass is 272 g/mol. The highest BCUT2D eigenvalue weighted by atomic mass is 16.5. The van der Waals surface area contributed by atoms with E-state index in [1.165, 1.54) is 0 Å². The topological polar surface area (TPSA) is 78.9 Å². The van der Waals surface area contributed by atoms with Gasteiger partial charge < -0.3 is 20.1 Å². The van der Waals surface area contributed by atoms with Crippen molar-refractivity contribution in [1.82, 2.24) is 10.2 Å². The molecule has 0 saturated carbocycles. The summed E-state index contributed by atoms with van der Waals surface area (Å²) in [5, 5.41) is 12.2. The van der Waals surface area contributed by atoms with Gasteiger partial charge in [-0.05, 0) is 26.2 Å². The van der Waals surface area contributed by atoms with E-state index in [1.54, 1.807) is 12.0 Å². The maximum atomic E-state index is 12.1. The molecule has 0 radical (unpaired) electrons. The van der Waals surface area contributed by atoms with Crippen molar-refractivity contribution in [2.24, 2.45) is 5.41 Å². The first-order valence-corrected chi connectivity index (χ1v) is 6.73. The average molecular weight is 272 g/mol. The van der Waals surface area contributed by atoms with Crippen molar-refractivity contribution in [2.45, 2.75) is 39.2 Å². The SMILES string of the molecule is CCC1(C(=O)O)CCCN(C(=O)NC(C)COC)C1. The molecule has 110 valence electrons. The number of carbonyl (C=O) groups excluding carboxylic acids is 1. The number of carboxylic acid groups (broad SMARTS) is 1. The van der Waals surface area contributed by atoms with E-state index in [1.807, 2.05) is 13.8 Å². The first kappa shape index (κ1) is 15.8. The lowest BCUT2D eigenvalue weighted by molar-refractivity contribution is -0.152. The summed E-state index contributed by atoms with van der Waals surface area (Å²) in [6, 6.07) is -0.288. The second-order valence-corrected chi connectivity index (χ2v) is 5.27. The Balaban J connectivity index is 2.63. The van der Waals surface area contributed by atoms with Crippen LogP contribution in [0.2, 0.25) is 0 Å². The van der Waals surface area contributed by atoms with Gasteiger partial charge in [0.1, 0.15) is 0 Å². The molecule has 6 heteroatoms. The third-order valence-corrected chi connectivity index (χ3v) is 3.78. The zero-order valence-electron chi connectivity index (χ0n) is 11.9. The Morgan fingerprint density at radius 2 is 2.21 bits per heavy atom. The van der Waals surface area contributed by atoms with Gasteiger partial charge >= 0.3 is 12.0 Å². The Hall–Kier alpha value is -1.30. The molecule has 2 atom stereocenters. The van der Waals surface area contributed by atoms with E-state index in [0.29, 0.717) is 26.0 Å². The van der Waals surface area contributed by atoms with E-state index >= 15 is 0 Å². The van der Waals surface area contributed by atoms with Crippen LogP contribution < -0.4 is 5.32 Å². The van der Waals surface area contributed by atoms with Crippen molar-refractivity contribution in [3.63, 3.8) is 0 Å². The Morgan fingerprint density at radius 3 is 2.74 bits per heavy atom. The molecule has 0 spiro atoms. The summed E-state index contributed by atoms with van der Waals surface area (Å²) < 4.78 is 4.96. The molecule has 0 bridgehead atoms. The predicted octanol–water partition coefficient (Wildman–Crippen LogP) is 1.31. The molecule has 1 aliphatic heterocycles. The largest absolute Gasteiger partial charge is 0.481 e. The van der Waals surface area contributed by atoms with E-state index in [2.05, 4.69) is 5.32 Å². The van der Waals surface area contributed by atoms with E-state index < -0.39 is 11.4 Å². The minimum absolute atomic E-state index is 0.0831. The van der Waals surface area contributed by atoms with Crippen molar-refractivity contribution in [1.29, 1.82) is 0 Å². The van der Waals surface area contributed by atoms with Crippen LogP contribution in [0.3, 0.4) is 0 Å². The van der Waals surface area contributed by atoms with Crippen molar-refractivity contribution in [2.75, 3.05) is 26.8 Å². The Bertz CT molecular complexity index is 335. The zero-order valence-corrected chi connectivity index (χ0v) is 11.9. The molecule has 0 aromatic rings. The minimum atomic E-state index is -0.808. The van der Waals surface area contributed by atoms with Crippen LogP contribution in [0.15, 0.2) is 0 Å². The van der Waals surface area contributed by atoms with Crippen LogP contribution >= 0.6 is 0 Å². The summed E-state index contributed by atoms with van der Waals surface area (Å²) in [4.78, 5) is 25.1. The van der Waals surface area contributed by atoms with E-state index in [9.17, 15) is 14.7 Å². The number of nitrogens with zero attached hydrogens (tertiary/aromatic N) is 1. The number of ether oxygens (including phenoxy) is 1. The molecule has 1 saturated heterocycles. The van der Waals surface area contributed by atoms with Gasteiger partial charge in [-0.15, -0.1) is 0 Å². The Labute approximate surface area is 114 Å². The highest BCUT2D eigenvalue weighted by Crippen LogP contribution is 2.33. The number of nitrogens with one attached hydrogen (secondary N) is 1. The number of methoxy groups -OCH3 is 1. The smallest absolute Gasteiger partial charge is 0.317 e. The van der Waals surface area contributed by atoms with Crippen LogP contribution in [0.5, 0.6) is 0 Å². The standard InChI is InChI=1S/C13H24N2O4/c1-4-13(11(16)17)6-5-7-15(9-13)12(18)14-10(2)8-19-3/h10H,4-9H2,1-3H3,(H,14,18)(H,16,17). The number of carbonyl (C=O) groups is 2. The van der Waals surface area contributed by atoms with E-state index in [-0.39, 0.29) is 18.6 Å². The van der Waals surface area contributed by atoms with Crippen LogP contribution in [0, 0.1) is 5.41 Å². The van der Waals surface area contributed by atoms with Crippen molar-refractivity contribution in [3.8, 4) is 0 Å². The van der Waals surface area contributed by atoms with Gasteiger partial charge in [0.15, 0.2) is 0 Å². The van der Waals surface area contributed by atoms with Crippen molar-refractivity contribution >= 4 is 12.0 Å². The van der Waals surface area contributed by atoms with Gasteiger partial charge in [0.25, 0.3) is 0 Å². The molecule has 1 heterocycles. The molecule has 0 aromatic carbocycles. The number of aliphatic carboxylic acids is 1. The fourth-order valence-electron chi connectivity index (χ4n) is 2.51. The lowest BCUT2D eigenvalue weighted by atomic mass is 9.78. The van der Waals surface area contributed by atoms with Crippen LogP contribution in [0.4, 0.5) is 4.79 Å². The molecule has 0 aliphatic carbocycles. The maximum Gasteiger partial charge on any atom is 0.317 e. The fraction of sp³-hybridized carbons (Fsp3) is 0.846. The minimum Gasteiger partial charge on any atom is -0.481 e. The summed E-state index contributed by atoms with van der Waals surface area (Å²) in [5.41, 5.74) is -0.792. The number of rotatable bonds is 5. The average Bonchev–Trinajstić information content (AvgIpc) is 2.38. The molecule has 2 amide bonds. The second-order valence-electron chi connectivity index (χ2n) is 5.27. The molecule has 19 heavy (non-hydrogen) atoms. The van der Waals surface area contributed by atoms with Gasteiger partial charge in [-0.1, -0.05) is 6.92 Å². The molecule has 2 unspecified atom stereocenters. The van der Waals surface area contributed by atoms with Crippen molar-refractivity contribution in [3.05, 3.63) is 0 Å². The van der Waals surface area contributed by atoms with Gasteiger partial charge in [0.2, 0.25) is 0 Å². The quantitative estimate of drug-likeness (QED) is 0.791. The lowest BCUT2D eigenvalue weighted by Gasteiger charge is -2.39. The summed E-state index contributed by atoms with van der Waals surface area (Å²) >= 11 is 0. The number of amides is 2. The highest BCUT2D eigenvalue weighted by Gasteiger charge is 2.42. The van der Waals surface area contributed by atoms with Gasteiger partial charge in [-0.25, -0.2) is 4.79 Å². The fourth-order valence-corrected chi connectivity index (χ4v) is 2.51. The molecular weight excluding hydrogens is 248 g/mol. The molecule has 6 nitrogen and oxygen atoms in total. The van der Waals surface area contributed by atoms with E-state index in [4.69, 9.17) is 4.74 Å². The number of hydrogen-bond acceptors (Lipinski definition) is 3. The molecule has 1 rings (SSSR count). The first-order valence-electron chi connectivity index (χ1n) is 6.73. The molecule has 0 aromatic heterocycles. The second kappa shape index (κ2) is 6.75. The maximum absolute atomic E-state index is 12.1. The lowest BCUT2D eigenvalue weighted by Crippen LogP contribution is -2.54. The van der Waals surface area contributed by atoms with Crippen LogP contribution in [-0.4, -0.2) is 54.9 Å². The number of piperidine rings is 1. The van der Waals surface area contributed by atoms with Crippen LogP contribution in [0.25, 0.3) is 0 Å². The normalized spacial score (nSPS) is 24.9. The third-order valence-electron chi connectivity index (χ3n) is 3.78. The van der Waals surface area contributed by atoms with Gasteiger partial charge in [-0.3, -0.25) is 4.79 Å². The third kappa shape index (κ3) is 3.83. The van der Waals surface area contributed by atoms with Crippen molar-refractivity contribution < 1.29 is 19.4 Å². The highest BCUT2D eigenvalue weighted by molar-refractivity contribution is 5.78. The Kier molecular flexibility index (Phi) is 5.60. The number of carboxylic acids is 1. The number of hydrogen-bond donors (Lipinski definition) is 2. The summed E-state index contributed by atoms with van der Waals surface area (Å²) in [5.74, 6) is -0.808. The molecule has 1 aliphatic rings. The molecule has 1 fully saturated rings. The summed E-state index contributed by atoms with van der Waals surface area (Å²) in [6.07, 6.45) is 1.90. The summed E-state index contributed by atoms with van der Waals surface area (Å²) in [7, 11) is 1.58. The van der Waals surface area contributed by atoms with E-state index in [0.717, 1.165) is 6.42 Å².